The van der Waals surface area contributed by atoms with Crippen LogP contribution in [0.1, 0.15) is 5.56 Å². The number of methoxy groups -OCH3 is 2. The number of ether oxygens (including phenoxy) is 2. The van der Waals surface area contributed by atoms with Gasteiger partial charge in [0.15, 0.2) is 0 Å². The second-order valence-electron chi connectivity index (χ2n) is 4.24. The summed E-state index contributed by atoms with van der Waals surface area (Å²) in [5, 5.41) is 4.71. The number of halogens is 3. The molecule has 0 radical (unpaired) electrons. The van der Waals surface area contributed by atoms with Gasteiger partial charge in [-0.25, -0.2) is 0 Å². The predicted molar refractivity (Wildman–Crippen MR) is 88.3 cm³/mol. The molecule has 0 aliphatic heterocycles. The first-order valence-corrected chi connectivity index (χ1v) is 7.28. The highest BCUT2D eigenvalue weighted by Crippen LogP contribution is 2.34. The van der Waals surface area contributed by atoms with Crippen molar-refractivity contribution in [1.29, 1.82) is 0 Å². The van der Waals surface area contributed by atoms with Gasteiger partial charge >= 0.3 is 0 Å². The highest BCUT2D eigenvalue weighted by Gasteiger charge is 2.11. The smallest absolute Gasteiger partial charge is 0.145 e. The molecule has 0 amide bonds. The third-order valence-corrected chi connectivity index (χ3v) is 4.20. The summed E-state index contributed by atoms with van der Waals surface area (Å²) in [5.74, 6) is 1.39. The molecular formula is C15H14Cl3NO2. The summed E-state index contributed by atoms with van der Waals surface area (Å²) in [5.41, 5.74) is 1.55. The Morgan fingerprint density at radius 2 is 1.67 bits per heavy atom. The number of rotatable bonds is 5. The van der Waals surface area contributed by atoms with E-state index in [0.29, 0.717) is 27.4 Å². The fourth-order valence-electron chi connectivity index (χ4n) is 1.86. The molecule has 2 aromatic rings. The summed E-state index contributed by atoms with van der Waals surface area (Å²) in [4.78, 5) is 0. The number of anilines is 1. The molecule has 0 heterocycles. The van der Waals surface area contributed by atoms with Crippen LogP contribution in [0.5, 0.6) is 11.5 Å². The van der Waals surface area contributed by atoms with Crippen molar-refractivity contribution in [1.82, 2.24) is 0 Å². The fraction of sp³-hybridized carbons (Fsp3) is 0.200. The molecule has 112 valence electrons. The van der Waals surface area contributed by atoms with E-state index in [1.807, 2.05) is 12.1 Å². The van der Waals surface area contributed by atoms with Gasteiger partial charge in [0, 0.05) is 23.2 Å². The lowest BCUT2D eigenvalue weighted by molar-refractivity contribution is 0.395. The molecule has 0 aromatic heterocycles. The summed E-state index contributed by atoms with van der Waals surface area (Å²) in [6.45, 7) is 0.431. The SMILES string of the molecule is COc1ccc(NCc2c(Cl)ccc(Cl)c2Cl)c(OC)c1. The lowest BCUT2D eigenvalue weighted by atomic mass is 10.2. The van der Waals surface area contributed by atoms with E-state index in [9.17, 15) is 0 Å². The van der Waals surface area contributed by atoms with Crippen LogP contribution in [0.3, 0.4) is 0 Å². The third-order valence-electron chi connectivity index (χ3n) is 3.00. The molecule has 2 rings (SSSR count). The molecule has 0 bridgehead atoms. The first kappa shape index (κ1) is 16.1. The van der Waals surface area contributed by atoms with E-state index < -0.39 is 0 Å². The second kappa shape index (κ2) is 7.12. The van der Waals surface area contributed by atoms with Crippen LogP contribution in [0.4, 0.5) is 5.69 Å². The van der Waals surface area contributed by atoms with Gasteiger partial charge in [-0.05, 0) is 24.3 Å². The summed E-state index contributed by atoms with van der Waals surface area (Å²) in [6, 6.07) is 8.89. The normalized spacial score (nSPS) is 10.3. The predicted octanol–water partition coefficient (Wildman–Crippen LogP) is 5.28. The lowest BCUT2D eigenvalue weighted by Crippen LogP contribution is -2.03. The minimum atomic E-state index is 0.431. The van der Waals surface area contributed by atoms with E-state index >= 15 is 0 Å². The first-order chi connectivity index (χ1) is 10.1. The topological polar surface area (TPSA) is 30.5 Å². The van der Waals surface area contributed by atoms with E-state index in [2.05, 4.69) is 5.32 Å². The second-order valence-corrected chi connectivity index (χ2v) is 5.43. The molecule has 1 N–H and O–H groups in total. The molecule has 21 heavy (non-hydrogen) atoms. The lowest BCUT2D eigenvalue weighted by Gasteiger charge is -2.14. The van der Waals surface area contributed by atoms with Gasteiger partial charge in [-0.1, -0.05) is 34.8 Å². The van der Waals surface area contributed by atoms with Crippen molar-refractivity contribution in [2.45, 2.75) is 6.54 Å². The minimum Gasteiger partial charge on any atom is -0.497 e. The van der Waals surface area contributed by atoms with Gasteiger partial charge < -0.3 is 14.8 Å². The van der Waals surface area contributed by atoms with Crippen LogP contribution in [0.15, 0.2) is 30.3 Å². The molecule has 2 aromatic carbocycles. The van der Waals surface area contributed by atoms with Crippen molar-refractivity contribution in [2.24, 2.45) is 0 Å². The Bertz CT molecular complexity index is 647. The van der Waals surface area contributed by atoms with Crippen molar-refractivity contribution in [3.05, 3.63) is 51.0 Å². The maximum absolute atomic E-state index is 6.18. The van der Waals surface area contributed by atoms with Gasteiger partial charge in [0.1, 0.15) is 11.5 Å². The van der Waals surface area contributed by atoms with E-state index in [0.717, 1.165) is 17.0 Å². The zero-order valence-corrected chi connectivity index (χ0v) is 13.8. The van der Waals surface area contributed by atoms with Crippen LogP contribution in [0, 0.1) is 0 Å². The number of benzene rings is 2. The summed E-state index contributed by atoms with van der Waals surface area (Å²) in [6.07, 6.45) is 0. The van der Waals surface area contributed by atoms with Crippen molar-refractivity contribution in [3.63, 3.8) is 0 Å². The molecule has 0 atom stereocenters. The van der Waals surface area contributed by atoms with Gasteiger partial charge in [-0.2, -0.15) is 0 Å². The molecule has 6 heteroatoms. The molecule has 0 unspecified atom stereocenters. The van der Waals surface area contributed by atoms with Crippen LogP contribution >= 0.6 is 34.8 Å². The molecule has 0 spiro atoms. The molecule has 0 saturated carbocycles. The molecule has 0 aliphatic rings. The van der Waals surface area contributed by atoms with Crippen LogP contribution in [0.25, 0.3) is 0 Å². The van der Waals surface area contributed by atoms with E-state index in [1.165, 1.54) is 0 Å². The Kier molecular flexibility index (Phi) is 5.45. The maximum Gasteiger partial charge on any atom is 0.145 e. The van der Waals surface area contributed by atoms with E-state index in [4.69, 9.17) is 44.3 Å². The van der Waals surface area contributed by atoms with Gasteiger partial charge in [-0.15, -0.1) is 0 Å². The van der Waals surface area contributed by atoms with Gasteiger partial charge in [0.2, 0.25) is 0 Å². The van der Waals surface area contributed by atoms with E-state index in [1.54, 1.807) is 32.4 Å². The van der Waals surface area contributed by atoms with E-state index in [-0.39, 0.29) is 0 Å². The zero-order chi connectivity index (χ0) is 15.4. The Labute approximate surface area is 138 Å². The maximum atomic E-state index is 6.18. The minimum absolute atomic E-state index is 0.431. The summed E-state index contributed by atoms with van der Waals surface area (Å²) in [7, 11) is 3.20. The van der Waals surface area contributed by atoms with Crippen LogP contribution in [-0.4, -0.2) is 14.2 Å². The van der Waals surface area contributed by atoms with Crippen molar-refractivity contribution in [3.8, 4) is 11.5 Å². The highest BCUT2D eigenvalue weighted by atomic mass is 35.5. The number of hydrogen-bond acceptors (Lipinski definition) is 3. The monoisotopic (exact) mass is 345 g/mol. The summed E-state index contributed by atoms with van der Waals surface area (Å²) >= 11 is 18.3. The standard InChI is InChI=1S/C15H14Cl3NO2/c1-20-9-3-6-13(14(7-9)21-2)19-8-10-11(16)4-5-12(17)15(10)18/h3-7,19H,8H2,1-2H3. The summed E-state index contributed by atoms with van der Waals surface area (Å²) < 4.78 is 10.5. The van der Waals surface area contributed by atoms with Gasteiger partial charge in [0.25, 0.3) is 0 Å². The van der Waals surface area contributed by atoms with Gasteiger partial charge in [0.05, 0.1) is 30.0 Å². The average Bonchev–Trinajstić information content (AvgIpc) is 2.51. The van der Waals surface area contributed by atoms with Crippen LogP contribution < -0.4 is 14.8 Å². The number of nitrogens with one attached hydrogen (secondary N) is 1. The molecule has 3 nitrogen and oxygen atoms in total. The Morgan fingerprint density at radius 1 is 0.952 bits per heavy atom. The van der Waals surface area contributed by atoms with Gasteiger partial charge in [-0.3, -0.25) is 0 Å². The molecular weight excluding hydrogens is 333 g/mol. The van der Waals surface area contributed by atoms with Crippen molar-refractivity contribution in [2.75, 3.05) is 19.5 Å². The first-order valence-electron chi connectivity index (χ1n) is 6.15. The molecule has 0 saturated heterocycles. The largest absolute Gasteiger partial charge is 0.497 e. The van der Waals surface area contributed by atoms with Crippen molar-refractivity contribution >= 4 is 40.5 Å². The molecule has 0 aliphatic carbocycles. The Morgan fingerprint density at radius 3 is 2.33 bits per heavy atom. The molecule has 0 fully saturated rings. The van der Waals surface area contributed by atoms with Crippen LogP contribution in [0.2, 0.25) is 15.1 Å². The quantitative estimate of drug-likeness (QED) is 0.747. The number of hydrogen-bond donors (Lipinski definition) is 1. The Hall–Kier alpha value is -1.29. The van der Waals surface area contributed by atoms with Crippen molar-refractivity contribution < 1.29 is 9.47 Å². The fourth-order valence-corrected chi connectivity index (χ4v) is 2.54. The average molecular weight is 347 g/mol. The Balaban J connectivity index is 2.22. The highest BCUT2D eigenvalue weighted by molar-refractivity contribution is 6.44. The third kappa shape index (κ3) is 3.67. The zero-order valence-electron chi connectivity index (χ0n) is 11.5. The van der Waals surface area contributed by atoms with Crippen LogP contribution in [-0.2, 0) is 6.54 Å².